The summed E-state index contributed by atoms with van der Waals surface area (Å²) in [6.45, 7) is 2.04. The van der Waals surface area contributed by atoms with Crippen molar-refractivity contribution in [3.8, 4) is 17.2 Å². The summed E-state index contributed by atoms with van der Waals surface area (Å²) in [5, 5.41) is 14.5. The molecule has 0 saturated carbocycles. The zero-order valence-corrected chi connectivity index (χ0v) is 18.8. The normalized spacial score (nSPS) is 13.3. The van der Waals surface area contributed by atoms with Gasteiger partial charge in [0.25, 0.3) is 11.6 Å². The summed E-state index contributed by atoms with van der Waals surface area (Å²) >= 11 is 5.41. The topological polar surface area (TPSA) is 106 Å². The lowest BCUT2D eigenvalue weighted by atomic mass is 10.2. The number of carbonyl (C=O) groups is 1. The van der Waals surface area contributed by atoms with Crippen molar-refractivity contribution in [2.75, 3.05) is 52.4 Å². The van der Waals surface area contributed by atoms with E-state index in [-0.39, 0.29) is 11.6 Å². The minimum atomic E-state index is -0.418. The van der Waals surface area contributed by atoms with Crippen LogP contribution in [0.15, 0.2) is 36.4 Å². The molecule has 0 unspecified atom stereocenters. The van der Waals surface area contributed by atoms with Crippen molar-refractivity contribution >= 4 is 34.6 Å². The first-order chi connectivity index (χ1) is 15.4. The summed E-state index contributed by atoms with van der Waals surface area (Å²) in [7, 11) is 4.48. The Kier molecular flexibility index (Phi) is 7.31. The molecular weight excluding hydrogens is 436 g/mol. The minimum absolute atomic E-state index is 0.0119. The lowest BCUT2D eigenvalue weighted by Crippen LogP contribution is -2.52. The fourth-order valence-electron chi connectivity index (χ4n) is 3.42. The van der Waals surface area contributed by atoms with E-state index in [0.29, 0.717) is 59.8 Å². The predicted octanol–water partition coefficient (Wildman–Crippen LogP) is 2.46. The number of amides is 1. The summed E-state index contributed by atoms with van der Waals surface area (Å²) in [6, 6.07) is 9.65. The number of carbonyl (C=O) groups excluding carboxylic acids is 1. The van der Waals surface area contributed by atoms with E-state index in [4.69, 9.17) is 26.4 Å². The van der Waals surface area contributed by atoms with Crippen LogP contribution in [-0.2, 0) is 0 Å². The quantitative estimate of drug-likeness (QED) is 0.395. The van der Waals surface area contributed by atoms with Crippen LogP contribution in [-0.4, -0.2) is 68.4 Å². The number of nitrogens with one attached hydrogen (secondary N) is 1. The van der Waals surface area contributed by atoms with Crippen molar-refractivity contribution in [1.82, 2.24) is 10.2 Å². The average Bonchev–Trinajstić information content (AvgIpc) is 2.83. The summed E-state index contributed by atoms with van der Waals surface area (Å²) in [4.78, 5) is 27.5. The molecule has 1 N–H and O–H groups in total. The molecule has 0 aliphatic carbocycles. The predicted molar refractivity (Wildman–Crippen MR) is 123 cm³/mol. The smallest absolute Gasteiger partial charge is 0.296 e. The molecule has 3 rings (SSSR count). The highest BCUT2D eigenvalue weighted by Gasteiger charge is 2.26. The highest BCUT2D eigenvalue weighted by Crippen LogP contribution is 2.32. The van der Waals surface area contributed by atoms with Gasteiger partial charge in [-0.1, -0.05) is 0 Å². The maximum atomic E-state index is 12.6. The van der Waals surface area contributed by atoms with Gasteiger partial charge in [-0.05, 0) is 42.5 Å². The lowest BCUT2D eigenvalue weighted by molar-refractivity contribution is -0.384. The van der Waals surface area contributed by atoms with E-state index >= 15 is 0 Å². The molecule has 1 amide bonds. The molecule has 1 heterocycles. The van der Waals surface area contributed by atoms with Crippen LogP contribution in [0.3, 0.4) is 0 Å². The van der Waals surface area contributed by atoms with Crippen molar-refractivity contribution in [3.05, 3.63) is 52.1 Å². The Bertz CT molecular complexity index is 1020. The number of nitrogens with zero attached hydrogens (tertiary/aromatic N) is 3. The van der Waals surface area contributed by atoms with Crippen LogP contribution in [0.4, 0.5) is 11.4 Å². The third-order valence-corrected chi connectivity index (χ3v) is 5.51. The summed E-state index contributed by atoms with van der Waals surface area (Å²) in [6.07, 6.45) is 0. The van der Waals surface area contributed by atoms with Crippen molar-refractivity contribution in [2.45, 2.75) is 0 Å². The maximum absolute atomic E-state index is 12.6. The molecule has 1 saturated heterocycles. The zero-order valence-electron chi connectivity index (χ0n) is 18.0. The highest BCUT2D eigenvalue weighted by atomic mass is 32.1. The van der Waals surface area contributed by atoms with Gasteiger partial charge in [-0.3, -0.25) is 20.2 Å². The van der Waals surface area contributed by atoms with Crippen molar-refractivity contribution in [1.29, 1.82) is 0 Å². The van der Waals surface area contributed by atoms with Crippen molar-refractivity contribution in [2.24, 2.45) is 0 Å². The maximum Gasteiger partial charge on any atom is 0.296 e. The Hall–Kier alpha value is -3.60. The van der Waals surface area contributed by atoms with Crippen LogP contribution in [0.1, 0.15) is 10.4 Å². The third kappa shape index (κ3) is 4.99. The second kappa shape index (κ2) is 10.1. The first-order valence-electron chi connectivity index (χ1n) is 9.77. The Labute approximate surface area is 190 Å². The standard InChI is InChI=1S/C21H24N4O6S/c1-29-15-5-6-16(17(13-15)25(27)28)23-8-10-24(11-9-23)21(32)22-20(26)14-4-7-18(30-2)19(12-14)31-3/h4-7,12-13H,8-11H2,1-3H3,(H,22,26,32). The summed E-state index contributed by atoms with van der Waals surface area (Å²) in [5.74, 6) is 1.04. The number of rotatable bonds is 6. The van der Waals surface area contributed by atoms with Crippen LogP contribution in [0.5, 0.6) is 17.2 Å². The van der Waals surface area contributed by atoms with Gasteiger partial charge in [0, 0.05) is 31.7 Å². The molecule has 2 aromatic carbocycles. The zero-order chi connectivity index (χ0) is 23.3. The molecular formula is C21H24N4O6S. The first kappa shape index (κ1) is 23.1. The summed E-state index contributed by atoms with van der Waals surface area (Å²) in [5.41, 5.74) is 0.898. The molecule has 0 aromatic heterocycles. The highest BCUT2D eigenvalue weighted by molar-refractivity contribution is 7.80. The van der Waals surface area contributed by atoms with E-state index in [2.05, 4.69) is 5.32 Å². The molecule has 0 spiro atoms. The number of hydrogen-bond donors (Lipinski definition) is 1. The van der Waals surface area contributed by atoms with E-state index in [0.717, 1.165) is 0 Å². The van der Waals surface area contributed by atoms with Crippen LogP contribution in [0, 0.1) is 10.1 Å². The average molecular weight is 461 g/mol. The van der Waals surface area contributed by atoms with E-state index in [1.54, 1.807) is 30.3 Å². The fourth-order valence-corrected chi connectivity index (χ4v) is 3.70. The van der Waals surface area contributed by atoms with Crippen LogP contribution in [0.2, 0.25) is 0 Å². The molecule has 1 aliphatic rings. The van der Waals surface area contributed by atoms with Gasteiger partial charge in [-0.2, -0.15) is 0 Å². The summed E-state index contributed by atoms with van der Waals surface area (Å²) < 4.78 is 15.5. The number of nitro groups is 1. The number of anilines is 1. The first-order valence-corrected chi connectivity index (χ1v) is 10.2. The fraction of sp³-hybridized carbons (Fsp3) is 0.333. The second-order valence-electron chi connectivity index (χ2n) is 6.91. The van der Waals surface area contributed by atoms with Gasteiger partial charge < -0.3 is 24.0 Å². The van der Waals surface area contributed by atoms with E-state index in [9.17, 15) is 14.9 Å². The third-order valence-electron chi connectivity index (χ3n) is 5.15. The van der Waals surface area contributed by atoms with Crippen molar-refractivity contribution < 1.29 is 23.9 Å². The lowest BCUT2D eigenvalue weighted by Gasteiger charge is -2.37. The van der Waals surface area contributed by atoms with E-state index in [1.807, 2.05) is 9.80 Å². The van der Waals surface area contributed by atoms with Crippen molar-refractivity contribution in [3.63, 3.8) is 0 Å². The van der Waals surface area contributed by atoms with E-state index < -0.39 is 4.92 Å². The molecule has 10 nitrogen and oxygen atoms in total. The monoisotopic (exact) mass is 460 g/mol. The van der Waals surface area contributed by atoms with Crippen LogP contribution in [0.25, 0.3) is 0 Å². The SMILES string of the molecule is COc1ccc(N2CCN(C(=S)NC(=O)c3ccc(OC)c(OC)c3)CC2)c([N+](=O)[O-])c1. The largest absolute Gasteiger partial charge is 0.496 e. The minimum Gasteiger partial charge on any atom is -0.496 e. The van der Waals surface area contributed by atoms with Crippen LogP contribution >= 0.6 is 12.2 Å². The van der Waals surface area contributed by atoms with Gasteiger partial charge >= 0.3 is 0 Å². The molecule has 2 aromatic rings. The number of thiocarbonyl (C=S) groups is 1. The Morgan fingerprint density at radius 2 is 1.69 bits per heavy atom. The molecule has 11 heteroatoms. The number of nitro benzene ring substituents is 1. The van der Waals surface area contributed by atoms with Gasteiger partial charge in [-0.25, -0.2) is 0 Å². The Morgan fingerprint density at radius 1 is 1.00 bits per heavy atom. The molecule has 0 radical (unpaired) electrons. The van der Waals surface area contributed by atoms with Gasteiger partial charge in [-0.15, -0.1) is 0 Å². The number of benzene rings is 2. The van der Waals surface area contributed by atoms with Gasteiger partial charge in [0.15, 0.2) is 16.6 Å². The van der Waals surface area contributed by atoms with Gasteiger partial charge in [0.2, 0.25) is 0 Å². The number of hydrogen-bond acceptors (Lipinski definition) is 8. The van der Waals surface area contributed by atoms with Gasteiger partial charge in [0.05, 0.1) is 32.3 Å². The second-order valence-corrected chi connectivity index (χ2v) is 7.30. The number of ether oxygens (including phenoxy) is 3. The molecule has 0 atom stereocenters. The van der Waals surface area contributed by atoms with Gasteiger partial charge in [0.1, 0.15) is 11.4 Å². The molecule has 0 bridgehead atoms. The Morgan fingerprint density at radius 3 is 2.28 bits per heavy atom. The molecule has 32 heavy (non-hydrogen) atoms. The number of methoxy groups -OCH3 is 3. The Balaban J connectivity index is 1.63. The molecule has 1 aliphatic heterocycles. The number of piperazine rings is 1. The molecule has 170 valence electrons. The van der Waals surface area contributed by atoms with Crippen LogP contribution < -0.4 is 24.4 Å². The van der Waals surface area contributed by atoms with E-state index in [1.165, 1.54) is 27.4 Å². The molecule has 1 fully saturated rings.